The summed E-state index contributed by atoms with van der Waals surface area (Å²) in [5, 5.41) is 36.9. The van der Waals surface area contributed by atoms with Crippen LogP contribution in [0.2, 0.25) is 0 Å². The van der Waals surface area contributed by atoms with Crippen LogP contribution in [0.25, 0.3) is 12.2 Å². The molecule has 3 rings (SSSR count). The lowest BCUT2D eigenvalue weighted by molar-refractivity contribution is -0.393. The fourth-order valence-corrected chi connectivity index (χ4v) is 2.73. The molecule has 0 fully saturated rings. The van der Waals surface area contributed by atoms with Gasteiger partial charge in [0.1, 0.15) is 11.4 Å². The summed E-state index contributed by atoms with van der Waals surface area (Å²) in [5.74, 6) is 0. The van der Waals surface area contributed by atoms with Crippen molar-refractivity contribution in [2.24, 2.45) is 5.10 Å². The average Bonchev–Trinajstić information content (AvgIpc) is 2.77. The molecule has 0 spiro atoms. The summed E-state index contributed by atoms with van der Waals surface area (Å²) in [6.45, 7) is 0. The van der Waals surface area contributed by atoms with Gasteiger partial charge in [-0.15, -0.1) is 0 Å². The number of hydrogen-bond acceptors (Lipinski definition) is 10. The van der Waals surface area contributed by atoms with Crippen LogP contribution >= 0.6 is 0 Å². The fraction of sp³-hybridized carbons (Fsp3) is 0. The van der Waals surface area contributed by atoms with Crippen LogP contribution in [0.5, 0.6) is 0 Å². The third-order valence-electron chi connectivity index (χ3n) is 4.29. The van der Waals surface area contributed by atoms with E-state index in [2.05, 4.69) is 15.5 Å². The number of nitro benzene ring substituents is 2. The first-order valence-electron chi connectivity index (χ1n) is 9.17. The second-order valence-corrected chi connectivity index (χ2v) is 6.51. The standard InChI is InChI=1S/C19H13N7O8/c27-18-17(26(33)34)15(21-19(28)22-18)7-5-11-1-3-12(4-2-11)10-20-23-14-8-6-13(24(29)30)9-16(14)25(31)32/h1-10,23H,(H2,21,22,27,28)/b7-5+,20-10+. The van der Waals surface area contributed by atoms with Crippen molar-refractivity contribution >= 4 is 41.1 Å². The van der Waals surface area contributed by atoms with Gasteiger partial charge in [0.25, 0.3) is 5.69 Å². The zero-order valence-electron chi connectivity index (χ0n) is 16.8. The Labute approximate surface area is 187 Å². The molecule has 1 heterocycles. The van der Waals surface area contributed by atoms with E-state index < -0.39 is 43.1 Å². The Kier molecular flexibility index (Phi) is 6.67. The highest BCUT2D eigenvalue weighted by atomic mass is 16.6. The minimum Gasteiger partial charge on any atom is -0.301 e. The van der Waals surface area contributed by atoms with Crippen LogP contribution < -0.4 is 16.7 Å². The molecule has 3 aromatic rings. The number of non-ortho nitro benzene ring substituents is 1. The molecule has 0 radical (unpaired) electrons. The highest BCUT2D eigenvalue weighted by Crippen LogP contribution is 2.28. The number of anilines is 1. The zero-order chi connectivity index (χ0) is 24.8. The van der Waals surface area contributed by atoms with E-state index >= 15 is 0 Å². The van der Waals surface area contributed by atoms with Crippen molar-refractivity contribution in [1.82, 2.24) is 9.97 Å². The lowest BCUT2D eigenvalue weighted by Gasteiger charge is -2.02. The van der Waals surface area contributed by atoms with E-state index in [1.54, 1.807) is 29.2 Å². The predicted molar refractivity (Wildman–Crippen MR) is 121 cm³/mol. The van der Waals surface area contributed by atoms with Crippen molar-refractivity contribution in [2.45, 2.75) is 0 Å². The number of H-pyrrole nitrogens is 2. The van der Waals surface area contributed by atoms with Gasteiger partial charge in [0.15, 0.2) is 0 Å². The Bertz CT molecular complexity index is 1450. The summed E-state index contributed by atoms with van der Waals surface area (Å²) in [4.78, 5) is 57.5. The van der Waals surface area contributed by atoms with E-state index in [0.717, 1.165) is 12.1 Å². The first-order valence-corrected chi connectivity index (χ1v) is 9.17. The maximum atomic E-state index is 11.6. The highest BCUT2D eigenvalue weighted by Gasteiger charge is 2.19. The average molecular weight is 467 g/mol. The first kappa shape index (κ1) is 23.2. The highest BCUT2D eigenvalue weighted by molar-refractivity contribution is 5.82. The van der Waals surface area contributed by atoms with Crippen LogP contribution in [-0.2, 0) is 0 Å². The summed E-state index contributed by atoms with van der Waals surface area (Å²) in [5.41, 5.74) is -0.456. The molecule has 15 heteroatoms. The Morgan fingerprint density at radius 1 is 0.824 bits per heavy atom. The van der Waals surface area contributed by atoms with E-state index in [4.69, 9.17) is 0 Å². The molecule has 0 aliphatic carbocycles. The monoisotopic (exact) mass is 467 g/mol. The molecule has 0 saturated carbocycles. The van der Waals surface area contributed by atoms with Crippen molar-refractivity contribution in [1.29, 1.82) is 0 Å². The quantitative estimate of drug-likeness (QED) is 0.251. The van der Waals surface area contributed by atoms with Gasteiger partial charge in [-0.1, -0.05) is 30.3 Å². The van der Waals surface area contributed by atoms with Crippen LogP contribution in [0, 0.1) is 30.3 Å². The number of hydrogen-bond donors (Lipinski definition) is 3. The molecule has 0 amide bonds. The first-order chi connectivity index (χ1) is 16.2. The van der Waals surface area contributed by atoms with Gasteiger partial charge in [0, 0.05) is 6.07 Å². The van der Waals surface area contributed by atoms with Gasteiger partial charge in [-0.3, -0.25) is 45.5 Å². The molecular formula is C19H13N7O8. The van der Waals surface area contributed by atoms with E-state index in [0.29, 0.717) is 11.1 Å². The molecule has 2 aromatic carbocycles. The lowest BCUT2D eigenvalue weighted by Crippen LogP contribution is -2.25. The van der Waals surface area contributed by atoms with Crippen LogP contribution in [0.3, 0.4) is 0 Å². The van der Waals surface area contributed by atoms with Crippen molar-refractivity contribution < 1.29 is 14.8 Å². The molecule has 0 saturated heterocycles. The van der Waals surface area contributed by atoms with Gasteiger partial charge in [-0.2, -0.15) is 5.10 Å². The van der Waals surface area contributed by atoms with Gasteiger partial charge in [-0.25, -0.2) is 4.79 Å². The fourth-order valence-electron chi connectivity index (χ4n) is 2.73. The second-order valence-electron chi connectivity index (χ2n) is 6.51. The van der Waals surface area contributed by atoms with E-state index in [1.807, 2.05) is 0 Å². The maximum Gasteiger partial charge on any atom is 0.357 e. The molecule has 1 aromatic heterocycles. The largest absolute Gasteiger partial charge is 0.357 e. The number of nitro groups is 3. The summed E-state index contributed by atoms with van der Waals surface area (Å²) in [6.07, 6.45) is 4.00. The third-order valence-corrected chi connectivity index (χ3v) is 4.29. The van der Waals surface area contributed by atoms with Crippen molar-refractivity contribution in [3.63, 3.8) is 0 Å². The number of rotatable bonds is 8. The van der Waals surface area contributed by atoms with Crippen LogP contribution in [0.4, 0.5) is 22.7 Å². The van der Waals surface area contributed by atoms with Gasteiger partial charge in [0.05, 0.1) is 27.1 Å². The van der Waals surface area contributed by atoms with Crippen molar-refractivity contribution in [2.75, 3.05) is 5.43 Å². The van der Waals surface area contributed by atoms with Crippen molar-refractivity contribution in [3.8, 4) is 0 Å². The molecular weight excluding hydrogens is 454 g/mol. The minimum atomic E-state index is -1.12. The number of aromatic amines is 2. The third kappa shape index (κ3) is 5.41. The number of hydrazone groups is 1. The molecule has 34 heavy (non-hydrogen) atoms. The number of aromatic nitrogens is 2. The second kappa shape index (κ2) is 9.77. The minimum absolute atomic E-state index is 0.0418. The van der Waals surface area contributed by atoms with Gasteiger partial charge < -0.3 is 4.98 Å². The molecule has 0 bridgehead atoms. The summed E-state index contributed by atoms with van der Waals surface area (Å²) >= 11 is 0. The maximum absolute atomic E-state index is 11.6. The van der Waals surface area contributed by atoms with Crippen LogP contribution in [0.15, 0.2) is 57.2 Å². The summed E-state index contributed by atoms with van der Waals surface area (Å²) < 4.78 is 0. The summed E-state index contributed by atoms with van der Waals surface area (Å²) in [6, 6.07) is 9.54. The molecule has 0 unspecified atom stereocenters. The van der Waals surface area contributed by atoms with Gasteiger partial charge in [0.2, 0.25) is 0 Å². The van der Waals surface area contributed by atoms with E-state index in [1.165, 1.54) is 24.4 Å². The zero-order valence-corrected chi connectivity index (χ0v) is 16.8. The van der Waals surface area contributed by atoms with E-state index in [9.17, 15) is 39.9 Å². The number of benzene rings is 2. The Morgan fingerprint density at radius 2 is 1.50 bits per heavy atom. The normalized spacial score (nSPS) is 11.1. The molecule has 172 valence electrons. The number of nitrogens with one attached hydrogen (secondary N) is 3. The molecule has 15 nitrogen and oxygen atoms in total. The molecule has 0 aliphatic rings. The SMILES string of the molecule is O=c1[nH]c(/C=C/c2ccc(/C=N/Nc3ccc([N+](=O)[O-])cc3[N+](=O)[O-])cc2)c([N+](=O)[O-])c(=O)[nH]1. The van der Waals surface area contributed by atoms with Gasteiger partial charge in [-0.05, 0) is 23.3 Å². The number of nitrogens with zero attached hydrogens (tertiary/aromatic N) is 4. The Morgan fingerprint density at radius 3 is 2.12 bits per heavy atom. The molecule has 3 N–H and O–H groups in total. The smallest absolute Gasteiger partial charge is 0.301 e. The van der Waals surface area contributed by atoms with Crippen molar-refractivity contribution in [3.05, 3.63) is 110 Å². The topological polar surface area (TPSA) is 220 Å². The molecule has 0 aliphatic heterocycles. The summed E-state index contributed by atoms with van der Waals surface area (Å²) in [7, 11) is 0. The van der Waals surface area contributed by atoms with E-state index in [-0.39, 0.29) is 11.4 Å². The molecule has 0 atom stereocenters. The Hall–Kier alpha value is -5.47. The Balaban J connectivity index is 1.75. The van der Waals surface area contributed by atoms with Crippen LogP contribution in [0.1, 0.15) is 16.8 Å². The predicted octanol–water partition coefficient (Wildman–Crippen LogP) is 2.40. The van der Waals surface area contributed by atoms with Gasteiger partial charge >= 0.3 is 22.6 Å². The van der Waals surface area contributed by atoms with Crippen LogP contribution in [-0.4, -0.2) is 31.0 Å². The lowest BCUT2D eigenvalue weighted by atomic mass is 10.1.